The van der Waals surface area contributed by atoms with Crippen LogP contribution in [0.3, 0.4) is 0 Å². The summed E-state index contributed by atoms with van der Waals surface area (Å²) in [5.74, 6) is -0.308. The van der Waals surface area contributed by atoms with Gasteiger partial charge < -0.3 is 15.2 Å². The molecule has 0 aliphatic rings. The molecule has 0 unspecified atom stereocenters. The van der Waals surface area contributed by atoms with Crippen LogP contribution in [0.2, 0.25) is 0 Å². The highest BCUT2D eigenvalue weighted by Gasteiger charge is 2.05. The number of anilines is 1. The average Bonchev–Trinajstić information content (AvgIpc) is 2.29. The van der Waals surface area contributed by atoms with Crippen molar-refractivity contribution in [1.29, 1.82) is 0 Å². The number of ether oxygens (including phenoxy) is 2. The number of methoxy groups -OCH3 is 1. The smallest absolute Gasteiger partial charge is 0.338 e. The molecule has 0 spiro atoms. The monoisotopic (exact) mass is 223 g/mol. The molecular weight excluding hydrogens is 206 g/mol. The van der Waals surface area contributed by atoms with Crippen molar-refractivity contribution in [3.05, 3.63) is 29.8 Å². The number of carbonyl (C=O) groups excluding carboxylic acids is 1. The Labute approximate surface area is 95.3 Å². The maximum absolute atomic E-state index is 11.5. The fourth-order valence-electron chi connectivity index (χ4n) is 1.22. The molecule has 4 nitrogen and oxygen atoms in total. The summed E-state index contributed by atoms with van der Waals surface area (Å²) in [5, 5.41) is 0. The molecule has 0 aliphatic heterocycles. The van der Waals surface area contributed by atoms with Crippen LogP contribution in [-0.2, 0) is 9.47 Å². The first-order valence-electron chi connectivity index (χ1n) is 5.25. The largest absolute Gasteiger partial charge is 0.462 e. The summed E-state index contributed by atoms with van der Waals surface area (Å²) in [4.78, 5) is 11.5. The van der Waals surface area contributed by atoms with Gasteiger partial charge in [-0.3, -0.25) is 0 Å². The van der Waals surface area contributed by atoms with Crippen LogP contribution < -0.4 is 5.73 Å². The molecule has 0 saturated carbocycles. The standard InChI is InChI=1S/C12H17NO3/c1-15-8-2-3-9-16-12(14)10-4-6-11(13)7-5-10/h4-7H,2-3,8-9,13H2,1H3. The van der Waals surface area contributed by atoms with Gasteiger partial charge in [-0.1, -0.05) is 0 Å². The van der Waals surface area contributed by atoms with Crippen molar-refractivity contribution in [3.8, 4) is 0 Å². The molecule has 0 bridgehead atoms. The van der Waals surface area contributed by atoms with Crippen molar-refractivity contribution in [3.63, 3.8) is 0 Å². The van der Waals surface area contributed by atoms with Gasteiger partial charge in [0.05, 0.1) is 12.2 Å². The molecule has 0 heterocycles. The van der Waals surface area contributed by atoms with Crippen LogP contribution in [0.1, 0.15) is 23.2 Å². The predicted octanol–water partition coefficient (Wildman–Crippen LogP) is 1.85. The molecule has 0 radical (unpaired) electrons. The van der Waals surface area contributed by atoms with Gasteiger partial charge in [-0.15, -0.1) is 0 Å². The van der Waals surface area contributed by atoms with E-state index >= 15 is 0 Å². The highest BCUT2D eigenvalue weighted by Crippen LogP contribution is 2.07. The molecule has 88 valence electrons. The molecule has 2 N–H and O–H groups in total. The van der Waals surface area contributed by atoms with Gasteiger partial charge in [0.1, 0.15) is 0 Å². The van der Waals surface area contributed by atoms with Crippen LogP contribution in [0.25, 0.3) is 0 Å². The van der Waals surface area contributed by atoms with Crippen molar-refractivity contribution in [2.75, 3.05) is 26.1 Å². The summed E-state index contributed by atoms with van der Waals surface area (Å²) < 4.78 is 9.97. The highest BCUT2D eigenvalue weighted by atomic mass is 16.5. The molecule has 0 amide bonds. The molecule has 0 saturated heterocycles. The zero-order valence-electron chi connectivity index (χ0n) is 9.44. The maximum Gasteiger partial charge on any atom is 0.338 e. The predicted molar refractivity (Wildman–Crippen MR) is 62.2 cm³/mol. The number of nitrogen functional groups attached to an aromatic ring is 1. The molecule has 1 aromatic carbocycles. The molecule has 0 aliphatic carbocycles. The van der Waals surface area contributed by atoms with E-state index < -0.39 is 0 Å². The number of rotatable bonds is 6. The van der Waals surface area contributed by atoms with Gasteiger partial charge in [-0.05, 0) is 37.1 Å². The first-order valence-corrected chi connectivity index (χ1v) is 5.25. The van der Waals surface area contributed by atoms with Gasteiger partial charge in [-0.2, -0.15) is 0 Å². The van der Waals surface area contributed by atoms with Crippen molar-refractivity contribution in [2.45, 2.75) is 12.8 Å². The number of benzene rings is 1. The van der Waals surface area contributed by atoms with Gasteiger partial charge in [-0.25, -0.2) is 4.79 Å². The van der Waals surface area contributed by atoms with Crippen LogP contribution in [-0.4, -0.2) is 26.3 Å². The van der Waals surface area contributed by atoms with E-state index in [9.17, 15) is 4.79 Å². The highest BCUT2D eigenvalue weighted by molar-refractivity contribution is 5.89. The minimum Gasteiger partial charge on any atom is -0.462 e. The summed E-state index contributed by atoms with van der Waals surface area (Å²) in [5.41, 5.74) is 6.68. The summed E-state index contributed by atoms with van der Waals surface area (Å²) in [7, 11) is 1.65. The maximum atomic E-state index is 11.5. The van der Waals surface area contributed by atoms with Crippen molar-refractivity contribution in [2.24, 2.45) is 0 Å². The van der Waals surface area contributed by atoms with Gasteiger partial charge in [0.2, 0.25) is 0 Å². The summed E-state index contributed by atoms with van der Waals surface area (Å²) in [6, 6.07) is 6.68. The van der Waals surface area contributed by atoms with Crippen LogP contribution in [0.15, 0.2) is 24.3 Å². The number of hydrogen-bond acceptors (Lipinski definition) is 4. The molecule has 1 rings (SSSR count). The summed E-state index contributed by atoms with van der Waals surface area (Å²) >= 11 is 0. The summed E-state index contributed by atoms with van der Waals surface area (Å²) in [6.07, 6.45) is 1.71. The number of hydrogen-bond donors (Lipinski definition) is 1. The Kier molecular flexibility index (Phi) is 5.36. The van der Waals surface area contributed by atoms with Crippen molar-refractivity contribution >= 4 is 11.7 Å². The molecule has 0 fully saturated rings. The molecule has 4 heteroatoms. The van der Waals surface area contributed by atoms with E-state index in [4.69, 9.17) is 15.2 Å². The Morgan fingerprint density at radius 1 is 1.19 bits per heavy atom. The summed E-state index contributed by atoms with van der Waals surface area (Å²) in [6.45, 7) is 1.12. The van der Waals surface area contributed by atoms with Gasteiger partial charge in [0, 0.05) is 19.4 Å². The van der Waals surface area contributed by atoms with E-state index in [1.54, 1.807) is 31.4 Å². The van der Waals surface area contributed by atoms with E-state index in [-0.39, 0.29) is 5.97 Å². The van der Waals surface area contributed by atoms with Gasteiger partial charge >= 0.3 is 5.97 Å². The van der Waals surface area contributed by atoms with Crippen LogP contribution in [0, 0.1) is 0 Å². The second-order valence-electron chi connectivity index (χ2n) is 3.46. The zero-order valence-corrected chi connectivity index (χ0v) is 9.44. The minimum atomic E-state index is -0.308. The lowest BCUT2D eigenvalue weighted by molar-refractivity contribution is 0.0489. The lowest BCUT2D eigenvalue weighted by Gasteiger charge is -2.04. The molecule has 0 aromatic heterocycles. The Hall–Kier alpha value is -1.55. The van der Waals surface area contributed by atoms with Gasteiger partial charge in [0.25, 0.3) is 0 Å². The number of esters is 1. The average molecular weight is 223 g/mol. The van der Waals surface area contributed by atoms with Crippen LogP contribution in [0.5, 0.6) is 0 Å². The molecular formula is C12H17NO3. The van der Waals surface area contributed by atoms with E-state index in [1.165, 1.54) is 0 Å². The first kappa shape index (κ1) is 12.5. The quantitative estimate of drug-likeness (QED) is 0.454. The third-order valence-corrected chi connectivity index (χ3v) is 2.12. The van der Waals surface area contributed by atoms with E-state index in [1.807, 2.05) is 0 Å². The topological polar surface area (TPSA) is 61.5 Å². The second kappa shape index (κ2) is 6.85. The number of carbonyl (C=O) groups is 1. The Morgan fingerprint density at radius 3 is 2.44 bits per heavy atom. The van der Waals surface area contributed by atoms with E-state index in [0.29, 0.717) is 24.5 Å². The van der Waals surface area contributed by atoms with Crippen LogP contribution in [0.4, 0.5) is 5.69 Å². The number of nitrogens with two attached hydrogens (primary N) is 1. The zero-order chi connectivity index (χ0) is 11.8. The third kappa shape index (κ3) is 4.31. The Balaban J connectivity index is 2.27. The second-order valence-corrected chi connectivity index (χ2v) is 3.46. The van der Waals surface area contributed by atoms with E-state index in [2.05, 4.69) is 0 Å². The van der Waals surface area contributed by atoms with Crippen molar-refractivity contribution < 1.29 is 14.3 Å². The fraction of sp³-hybridized carbons (Fsp3) is 0.417. The van der Waals surface area contributed by atoms with Crippen molar-refractivity contribution in [1.82, 2.24) is 0 Å². The lowest BCUT2D eigenvalue weighted by Crippen LogP contribution is -2.07. The molecule has 1 aromatic rings. The SMILES string of the molecule is COCCCCOC(=O)c1ccc(N)cc1. The normalized spacial score (nSPS) is 10.1. The Morgan fingerprint density at radius 2 is 1.81 bits per heavy atom. The third-order valence-electron chi connectivity index (χ3n) is 2.12. The van der Waals surface area contributed by atoms with Gasteiger partial charge in [0.15, 0.2) is 0 Å². The molecule has 16 heavy (non-hydrogen) atoms. The number of unbranched alkanes of at least 4 members (excludes halogenated alkanes) is 1. The lowest BCUT2D eigenvalue weighted by atomic mass is 10.2. The fourth-order valence-corrected chi connectivity index (χ4v) is 1.22. The van der Waals surface area contributed by atoms with Crippen LogP contribution >= 0.6 is 0 Å². The Bertz CT molecular complexity index is 322. The first-order chi connectivity index (χ1) is 7.74. The molecule has 0 atom stereocenters. The minimum absolute atomic E-state index is 0.308. The van der Waals surface area contributed by atoms with E-state index in [0.717, 1.165) is 12.8 Å².